The molecule has 0 bridgehead atoms. The largest absolute Gasteiger partial charge is 0.361 e. The van der Waals surface area contributed by atoms with Gasteiger partial charge in [-0.2, -0.15) is 6.35 Å². The van der Waals surface area contributed by atoms with E-state index < -0.39 is 21.3 Å². The topological polar surface area (TPSA) is 90.1 Å². The third-order valence-electron chi connectivity index (χ3n) is 5.22. The highest BCUT2D eigenvalue weighted by molar-refractivity contribution is 14.1. The Hall–Kier alpha value is -2.04. The minimum Gasteiger partial charge on any atom is -0.361 e. The van der Waals surface area contributed by atoms with Gasteiger partial charge in [0.2, 0.25) is 0 Å². The number of likely N-dealkylation sites (tertiary alicyclic amines) is 1. The predicted molar refractivity (Wildman–Crippen MR) is 104 cm³/mol. The van der Waals surface area contributed by atoms with Crippen LogP contribution in [0.15, 0.2) is 29.3 Å². The fourth-order valence-electron chi connectivity index (χ4n) is 3.57. The van der Waals surface area contributed by atoms with Gasteiger partial charge in [-0.15, -0.1) is 0 Å². The van der Waals surface area contributed by atoms with Crippen LogP contribution in [0.5, 0.6) is 0 Å². The number of aromatic amines is 1. The third-order valence-corrected chi connectivity index (χ3v) is 6.60. The zero-order valence-corrected chi connectivity index (χ0v) is 17.1. The molecule has 1 saturated heterocycles. The summed E-state index contributed by atoms with van der Waals surface area (Å²) in [6.07, 6.45) is 4.37. The van der Waals surface area contributed by atoms with E-state index >= 15 is 0 Å². The maximum absolute atomic E-state index is 12.9. The summed E-state index contributed by atoms with van der Waals surface area (Å²) in [5, 5.41) is 4.78. The van der Waals surface area contributed by atoms with Crippen molar-refractivity contribution in [1.29, 1.82) is 0 Å². The monoisotopic (exact) mass is 468 g/mol. The van der Waals surface area contributed by atoms with Crippen molar-refractivity contribution in [1.82, 2.24) is 19.9 Å². The molecule has 2 aromatic rings. The Labute approximate surface area is 161 Å². The average molecular weight is 468 g/mol. The van der Waals surface area contributed by atoms with E-state index in [1.807, 2.05) is 17.2 Å². The van der Waals surface area contributed by atoms with Crippen LogP contribution in [0.2, 0.25) is 0 Å². The van der Waals surface area contributed by atoms with Crippen molar-refractivity contribution < 1.29 is 9.32 Å². The van der Waals surface area contributed by atoms with Crippen LogP contribution in [0, 0.1) is 12.8 Å². The van der Waals surface area contributed by atoms with Gasteiger partial charge in [-0.1, -0.05) is 12.1 Å². The number of rotatable bonds is 3. The minimum atomic E-state index is -0.579. The fourth-order valence-corrected chi connectivity index (χ4v) is 5.09. The number of amides is 1. The van der Waals surface area contributed by atoms with Gasteiger partial charge in [0.1, 0.15) is 43.9 Å². The van der Waals surface area contributed by atoms with Crippen molar-refractivity contribution in [2.45, 2.75) is 26.3 Å². The number of carbonyl (C=O) groups is 1. The lowest BCUT2D eigenvalue weighted by Gasteiger charge is -2.42. The van der Waals surface area contributed by atoms with Gasteiger partial charge in [-0.3, -0.25) is 4.79 Å². The van der Waals surface area contributed by atoms with Crippen molar-refractivity contribution in [3.63, 3.8) is 0 Å². The van der Waals surface area contributed by atoms with Gasteiger partial charge in [0.25, 0.3) is 5.91 Å². The van der Waals surface area contributed by atoms with Gasteiger partial charge < -0.3 is 19.3 Å². The second-order valence-electron chi connectivity index (χ2n) is 6.80. The molecule has 2 aliphatic rings. The Balaban J connectivity index is 1.61. The molecule has 0 spiro atoms. The molecule has 0 unspecified atom stereocenters. The molecule has 2 aliphatic heterocycles. The van der Waals surface area contributed by atoms with E-state index in [-0.39, 0.29) is 11.9 Å². The summed E-state index contributed by atoms with van der Waals surface area (Å²) in [6, 6.07) is 2.23. The molecule has 0 saturated carbocycles. The number of H-pyrrole nitrogens is 1. The van der Waals surface area contributed by atoms with Gasteiger partial charge in [0.15, 0.2) is 0 Å². The fraction of sp³-hybridized carbons (Fsp3) is 0.471. The zero-order chi connectivity index (χ0) is 18.3. The number of hydrogen-bond donors (Lipinski definition) is 1. The van der Waals surface area contributed by atoms with E-state index in [9.17, 15) is 4.79 Å². The van der Waals surface area contributed by atoms with E-state index in [1.54, 1.807) is 6.92 Å². The first-order valence-corrected chi connectivity index (χ1v) is 10.5. The molecular formula is C17H21IN6O2. The van der Waals surface area contributed by atoms with Crippen LogP contribution in [0.1, 0.15) is 29.5 Å². The van der Waals surface area contributed by atoms with Crippen molar-refractivity contribution in [2.75, 3.05) is 20.1 Å². The van der Waals surface area contributed by atoms with Gasteiger partial charge >= 0.3 is 0 Å². The number of piperidine rings is 1. The molecule has 138 valence electrons. The second-order valence-corrected chi connectivity index (χ2v) is 8.20. The number of carbonyl (C=O) groups excluding carboxylic acids is 1. The summed E-state index contributed by atoms with van der Waals surface area (Å²) in [5.74, 6) is 2.01. The summed E-state index contributed by atoms with van der Waals surface area (Å²) < 4.78 is 14.3. The SMILES string of the molecule is Cc1oncc1C(=O)N1CC[C@@H](C)[C@@H](N(C)C2=c3cc[nH]c3=NI=N2)C1. The number of likely N-dealkylation sites (N-methyl/N-ethyl adjacent to an activating group) is 1. The Morgan fingerprint density at radius 1 is 1.50 bits per heavy atom. The van der Waals surface area contributed by atoms with Crippen LogP contribution >= 0.6 is 21.3 Å². The van der Waals surface area contributed by atoms with E-state index in [1.165, 1.54) is 6.20 Å². The Morgan fingerprint density at radius 2 is 2.35 bits per heavy atom. The van der Waals surface area contributed by atoms with Crippen LogP contribution < -0.4 is 10.7 Å². The first-order valence-electron chi connectivity index (χ1n) is 8.60. The highest BCUT2D eigenvalue weighted by atomic mass is 127. The molecule has 0 aliphatic carbocycles. The van der Waals surface area contributed by atoms with Gasteiger partial charge in [0, 0.05) is 26.3 Å². The first kappa shape index (κ1) is 17.4. The summed E-state index contributed by atoms with van der Waals surface area (Å²) in [4.78, 5) is 20.2. The lowest BCUT2D eigenvalue weighted by molar-refractivity contribution is 0.0572. The predicted octanol–water partition coefficient (Wildman–Crippen LogP) is 1.56. The summed E-state index contributed by atoms with van der Waals surface area (Å²) >= 11 is -0.579. The summed E-state index contributed by atoms with van der Waals surface area (Å²) in [6.45, 7) is 5.43. The normalized spacial score (nSPS) is 22.4. The molecule has 4 heterocycles. The number of halogens is 1. The smallest absolute Gasteiger partial charge is 0.259 e. The quantitative estimate of drug-likeness (QED) is 0.693. The molecule has 2 atom stereocenters. The maximum Gasteiger partial charge on any atom is 0.259 e. The molecular weight excluding hydrogens is 447 g/mol. The van der Waals surface area contributed by atoms with Gasteiger partial charge in [-0.05, 0) is 25.3 Å². The van der Waals surface area contributed by atoms with E-state index in [0.717, 1.165) is 29.5 Å². The molecule has 4 rings (SSSR count). The number of aromatic nitrogens is 2. The highest BCUT2D eigenvalue weighted by Gasteiger charge is 2.34. The molecule has 1 fully saturated rings. The lowest BCUT2D eigenvalue weighted by Crippen LogP contribution is -2.52. The van der Waals surface area contributed by atoms with Crippen LogP contribution in [0.4, 0.5) is 0 Å². The van der Waals surface area contributed by atoms with Crippen LogP contribution in [0.3, 0.4) is 0 Å². The Kier molecular flexibility index (Phi) is 4.63. The standard InChI is InChI=1S/C17H21IN6O2/c1-10-5-7-24(17(25)13-8-20-26-11(13)2)9-14(10)23(3)16-12-4-6-19-15(12)21-18-22-16/h4,6,8,10,14H,5,7,9H2,1-3H3,(H,19,21,22)/t10-,14+/m1/s1. The zero-order valence-electron chi connectivity index (χ0n) is 14.9. The number of aryl methyl sites for hydroxylation is 1. The maximum atomic E-state index is 12.9. The second kappa shape index (κ2) is 6.93. The van der Waals surface area contributed by atoms with Gasteiger partial charge in [0.05, 0.1) is 17.5 Å². The number of nitrogens with one attached hydrogen (secondary N) is 1. The number of hydrogen-bond acceptors (Lipinski definition) is 6. The molecule has 1 N–H and O–H groups in total. The van der Waals surface area contributed by atoms with Crippen LogP contribution in [-0.2, 0) is 0 Å². The first-order chi connectivity index (χ1) is 12.6. The summed E-state index contributed by atoms with van der Waals surface area (Å²) in [7, 11) is 2.07. The molecule has 9 heteroatoms. The average Bonchev–Trinajstić information content (AvgIpc) is 3.29. The molecule has 0 radical (unpaired) electrons. The molecule has 0 aromatic carbocycles. The molecule has 26 heavy (non-hydrogen) atoms. The molecule has 2 aromatic heterocycles. The summed E-state index contributed by atoms with van der Waals surface area (Å²) in [5.41, 5.74) is 1.47. The molecule has 8 nitrogen and oxygen atoms in total. The lowest BCUT2D eigenvalue weighted by atomic mass is 9.92. The third kappa shape index (κ3) is 2.97. The molecule has 1 amide bonds. The van der Waals surface area contributed by atoms with E-state index in [0.29, 0.717) is 23.8 Å². The van der Waals surface area contributed by atoms with Crippen molar-refractivity contribution in [2.24, 2.45) is 12.3 Å². The van der Waals surface area contributed by atoms with Crippen molar-refractivity contribution >= 4 is 33.0 Å². The minimum absolute atomic E-state index is 0.00982. The van der Waals surface area contributed by atoms with Crippen molar-refractivity contribution in [3.8, 4) is 0 Å². The van der Waals surface area contributed by atoms with Crippen molar-refractivity contribution in [3.05, 3.63) is 40.5 Å². The van der Waals surface area contributed by atoms with Crippen LogP contribution in [0.25, 0.3) is 5.82 Å². The highest BCUT2D eigenvalue weighted by Crippen LogP contribution is 2.27. The Bertz CT molecular complexity index is 978. The van der Waals surface area contributed by atoms with Crippen LogP contribution in [-0.4, -0.2) is 52.0 Å². The van der Waals surface area contributed by atoms with E-state index in [4.69, 9.17) is 7.67 Å². The number of fused-ring (bicyclic) bond motifs is 1. The number of nitrogens with zero attached hydrogens (tertiary/aromatic N) is 5. The Morgan fingerprint density at radius 3 is 3.12 bits per heavy atom. The van der Waals surface area contributed by atoms with E-state index in [2.05, 4.69) is 32.2 Å². The van der Waals surface area contributed by atoms with Gasteiger partial charge in [-0.25, -0.2) is 0 Å².